The fraction of sp³-hybridized carbons (Fsp3) is 0.292. The zero-order chi connectivity index (χ0) is 24.6. The molecule has 0 fully saturated rings. The van der Waals surface area contributed by atoms with E-state index in [2.05, 4.69) is 45.2 Å². The summed E-state index contributed by atoms with van der Waals surface area (Å²) in [7, 11) is 0. The summed E-state index contributed by atoms with van der Waals surface area (Å²) in [6.45, 7) is 0.543. The number of aliphatic carboxylic acids is 1. The molecule has 35 heavy (non-hydrogen) atoms. The van der Waals surface area contributed by atoms with Crippen LogP contribution in [0.15, 0.2) is 54.7 Å². The average molecular weight is 479 g/mol. The SMILES string of the molecule is O=C(O)COCCNC(=O)c1cn(CCNC(=O)OCC2c3ccccc3-c3ccccc32)nn1. The van der Waals surface area contributed by atoms with Gasteiger partial charge in [0.25, 0.3) is 5.91 Å². The molecule has 0 unspecified atom stereocenters. The van der Waals surface area contributed by atoms with Crippen LogP contribution < -0.4 is 10.6 Å². The third-order valence-electron chi connectivity index (χ3n) is 5.48. The first-order valence-corrected chi connectivity index (χ1v) is 11.1. The van der Waals surface area contributed by atoms with Crippen LogP contribution in [-0.4, -0.2) is 71.0 Å². The molecule has 1 aliphatic carbocycles. The average Bonchev–Trinajstić information content (AvgIpc) is 3.45. The Morgan fingerprint density at radius 1 is 0.971 bits per heavy atom. The van der Waals surface area contributed by atoms with Gasteiger partial charge in [0.15, 0.2) is 5.69 Å². The molecule has 182 valence electrons. The van der Waals surface area contributed by atoms with E-state index >= 15 is 0 Å². The van der Waals surface area contributed by atoms with Crippen molar-refractivity contribution in [2.45, 2.75) is 12.5 Å². The molecule has 1 aliphatic rings. The van der Waals surface area contributed by atoms with Gasteiger partial charge in [-0.05, 0) is 22.3 Å². The molecule has 2 aromatic carbocycles. The van der Waals surface area contributed by atoms with Gasteiger partial charge in [0.05, 0.1) is 19.3 Å². The molecule has 1 heterocycles. The van der Waals surface area contributed by atoms with Gasteiger partial charge in [0.1, 0.15) is 13.2 Å². The Morgan fingerprint density at radius 3 is 2.34 bits per heavy atom. The van der Waals surface area contributed by atoms with Gasteiger partial charge in [0.2, 0.25) is 0 Å². The fourth-order valence-electron chi connectivity index (χ4n) is 3.92. The Morgan fingerprint density at radius 2 is 1.66 bits per heavy atom. The molecule has 0 bridgehead atoms. The first-order chi connectivity index (χ1) is 17.0. The molecule has 0 radical (unpaired) electrons. The van der Waals surface area contributed by atoms with Crippen molar-refractivity contribution in [1.29, 1.82) is 0 Å². The largest absolute Gasteiger partial charge is 0.480 e. The zero-order valence-electron chi connectivity index (χ0n) is 18.8. The van der Waals surface area contributed by atoms with Gasteiger partial charge in [-0.2, -0.15) is 0 Å². The molecule has 11 heteroatoms. The minimum Gasteiger partial charge on any atom is -0.480 e. The number of alkyl carbamates (subject to hydrolysis) is 1. The lowest BCUT2D eigenvalue weighted by atomic mass is 9.98. The van der Waals surface area contributed by atoms with Crippen molar-refractivity contribution in [2.75, 3.05) is 32.9 Å². The fourth-order valence-corrected chi connectivity index (χ4v) is 3.92. The molecular weight excluding hydrogens is 454 g/mol. The highest BCUT2D eigenvalue weighted by molar-refractivity contribution is 5.91. The highest BCUT2D eigenvalue weighted by Crippen LogP contribution is 2.44. The minimum atomic E-state index is -1.08. The lowest BCUT2D eigenvalue weighted by Gasteiger charge is -2.14. The second kappa shape index (κ2) is 11.3. The summed E-state index contributed by atoms with van der Waals surface area (Å²) in [5.74, 6) is -1.55. The minimum absolute atomic E-state index is 0.0148. The Hall–Kier alpha value is -4.25. The van der Waals surface area contributed by atoms with Gasteiger partial charge in [-0.1, -0.05) is 53.7 Å². The van der Waals surface area contributed by atoms with Crippen LogP contribution in [0.2, 0.25) is 0 Å². The quantitative estimate of drug-likeness (QED) is 0.352. The van der Waals surface area contributed by atoms with E-state index in [1.54, 1.807) is 0 Å². The molecule has 2 amide bonds. The summed E-state index contributed by atoms with van der Waals surface area (Å²) in [5, 5.41) is 21.4. The van der Waals surface area contributed by atoms with E-state index < -0.39 is 24.6 Å². The van der Waals surface area contributed by atoms with Gasteiger partial charge < -0.3 is 25.2 Å². The molecule has 1 aromatic heterocycles. The molecule has 11 nitrogen and oxygen atoms in total. The molecule has 0 saturated carbocycles. The van der Waals surface area contributed by atoms with Gasteiger partial charge in [-0.15, -0.1) is 5.10 Å². The maximum absolute atomic E-state index is 12.2. The van der Waals surface area contributed by atoms with Gasteiger partial charge in [-0.25, -0.2) is 14.3 Å². The van der Waals surface area contributed by atoms with Gasteiger partial charge >= 0.3 is 12.1 Å². The summed E-state index contributed by atoms with van der Waals surface area (Å²) < 4.78 is 11.8. The number of rotatable bonds is 11. The first kappa shape index (κ1) is 23.9. The van der Waals surface area contributed by atoms with Gasteiger partial charge in [-0.3, -0.25) is 4.79 Å². The molecule has 0 spiro atoms. The van der Waals surface area contributed by atoms with Crippen molar-refractivity contribution in [3.05, 3.63) is 71.5 Å². The smallest absolute Gasteiger partial charge is 0.407 e. The van der Waals surface area contributed by atoms with Crippen LogP contribution in [0.25, 0.3) is 11.1 Å². The standard InChI is InChI=1S/C24H25N5O6/c30-22(31)15-34-12-10-25-23(32)21-13-29(28-27-21)11-9-26-24(33)35-14-20-18-7-3-1-5-16(18)17-6-2-4-8-19(17)20/h1-8,13,20H,9-12,14-15H2,(H,25,32)(H,26,33)(H,30,31). The van der Waals surface area contributed by atoms with Crippen LogP contribution in [-0.2, 0) is 20.8 Å². The summed E-state index contributed by atoms with van der Waals surface area (Å²) >= 11 is 0. The molecule has 3 aromatic rings. The van der Waals surface area contributed by atoms with Crippen molar-refractivity contribution >= 4 is 18.0 Å². The predicted octanol–water partition coefficient (Wildman–Crippen LogP) is 1.65. The van der Waals surface area contributed by atoms with Gasteiger partial charge in [0, 0.05) is 19.0 Å². The lowest BCUT2D eigenvalue weighted by molar-refractivity contribution is -0.142. The number of carbonyl (C=O) groups is 3. The maximum atomic E-state index is 12.2. The number of aromatic nitrogens is 3. The first-order valence-electron chi connectivity index (χ1n) is 11.1. The molecule has 4 rings (SSSR count). The number of benzene rings is 2. The number of carbonyl (C=O) groups excluding carboxylic acids is 2. The van der Waals surface area contributed by atoms with E-state index in [0.717, 1.165) is 22.3 Å². The number of carboxylic acid groups (broad SMARTS) is 1. The highest BCUT2D eigenvalue weighted by Gasteiger charge is 2.28. The van der Waals surface area contributed by atoms with Crippen LogP contribution in [0.3, 0.4) is 0 Å². The number of hydrogen-bond donors (Lipinski definition) is 3. The molecular formula is C24H25N5O6. The Balaban J connectivity index is 1.19. The van der Waals surface area contributed by atoms with E-state index in [1.807, 2.05) is 24.3 Å². The number of hydrogen-bond acceptors (Lipinski definition) is 7. The third-order valence-corrected chi connectivity index (χ3v) is 5.48. The summed E-state index contributed by atoms with van der Waals surface area (Å²) in [6.07, 6.45) is 0.915. The second-order valence-corrected chi connectivity index (χ2v) is 7.82. The van der Waals surface area contributed by atoms with Crippen molar-refractivity contribution in [2.24, 2.45) is 0 Å². The maximum Gasteiger partial charge on any atom is 0.407 e. The van der Waals surface area contributed by atoms with Crippen LogP contribution in [0.4, 0.5) is 4.79 Å². The lowest BCUT2D eigenvalue weighted by Crippen LogP contribution is -2.29. The topological polar surface area (TPSA) is 145 Å². The summed E-state index contributed by atoms with van der Waals surface area (Å²) in [6, 6.07) is 16.2. The summed E-state index contributed by atoms with van der Waals surface area (Å²) in [5.41, 5.74) is 4.71. The Labute approximate surface area is 201 Å². The second-order valence-electron chi connectivity index (χ2n) is 7.82. The Bertz CT molecular complexity index is 1160. The number of carboxylic acids is 1. The molecule has 0 atom stereocenters. The molecule has 0 aliphatic heterocycles. The number of fused-ring (bicyclic) bond motifs is 3. The number of ether oxygens (including phenoxy) is 2. The van der Waals surface area contributed by atoms with E-state index in [1.165, 1.54) is 10.9 Å². The van der Waals surface area contributed by atoms with Crippen molar-refractivity contribution in [3.8, 4) is 11.1 Å². The monoisotopic (exact) mass is 479 g/mol. The zero-order valence-corrected chi connectivity index (χ0v) is 18.8. The normalized spacial score (nSPS) is 12.0. The predicted molar refractivity (Wildman–Crippen MR) is 124 cm³/mol. The number of nitrogens with zero attached hydrogens (tertiary/aromatic N) is 3. The van der Waals surface area contributed by atoms with Crippen molar-refractivity contribution < 1.29 is 29.0 Å². The number of nitrogens with one attached hydrogen (secondary N) is 2. The van der Waals surface area contributed by atoms with Crippen LogP contribution >= 0.6 is 0 Å². The van der Waals surface area contributed by atoms with Crippen LogP contribution in [0, 0.1) is 0 Å². The van der Waals surface area contributed by atoms with Crippen molar-refractivity contribution in [1.82, 2.24) is 25.6 Å². The molecule has 0 saturated heterocycles. The highest BCUT2D eigenvalue weighted by atomic mass is 16.5. The van der Waals surface area contributed by atoms with E-state index in [4.69, 9.17) is 14.6 Å². The van der Waals surface area contributed by atoms with Crippen molar-refractivity contribution in [3.63, 3.8) is 0 Å². The Kier molecular flexibility index (Phi) is 7.68. The number of amides is 2. The van der Waals surface area contributed by atoms with E-state index in [9.17, 15) is 14.4 Å². The third kappa shape index (κ3) is 6.01. The molecule has 3 N–H and O–H groups in total. The summed E-state index contributed by atoms with van der Waals surface area (Å²) in [4.78, 5) is 34.7. The van der Waals surface area contributed by atoms with Crippen LogP contribution in [0.5, 0.6) is 0 Å². The van der Waals surface area contributed by atoms with E-state index in [0.29, 0.717) is 6.54 Å². The van der Waals surface area contributed by atoms with Crippen LogP contribution in [0.1, 0.15) is 27.5 Å². The van der Waals surface area contributed by atoms with E-state index in [-0.39, 0.29) is 37.9 Å².